The van der Waals surface area contributed by atoms with E-state index < -0.39 is 15.3 Å². The summed E-state index contributed by atoms with van der Waals surface area (Å²) in [5, 5.41) is 4.32. The third-order valence-corrected chi connectivity index (χ3v) is 4.45. The van der Waals surface area contributed by atoms with E-state index in [1.165, 1.54) is 6.92 Å². The van der Waals surface area contributed by atoms with Crippen molar-refractivity contribution < 1.29 is 8.42 Å². The Balaban J connectivity index is 2.50. The molecule has 1 saturated heterocycles. The molecular formula is C10H22N4O2S. The van der Waals surface area contributed by atoms with Gasteiger partial charge < -0.3 is 10.6 Å². The first kappa shape index (κ1) is 14.2. The van der Waals surface area contributed by atoms with Crippen molar-refractivity contribution in [3.63, 3.8) is 0 Å². The highest BCUT2D eigenvalue weighted by Gasteiger charge is 2.18. The zero-order valence-corrected chi connectivity index (χ0v) is 11.3. The predicted molar refractivity (Wildman–Crippen MR) is 69.0 cm³/mol. The quantitative estimate of drug-likeness (QED) is 0.539. The van der Waals surface area contributed by atoms with Crippen molar-refractivity contribution in [1.82, 2.24) is 4.90 Å². The van der Waals surface area contributed by atoms with Gasteiger partial charge >= 0.3 is 0 Å². The number of piperidine rings is 1. The van der Waals surface area contributed by atoms with Crippen molar-refractivity contribution in [2.75, 3.05) is 19.6 Å². The molecule has 1 unspecified atom stereocenters. The van der Waals surface area contributed by atoms with Crippen LogP contribution in [-0.2, 0) is 10.0 Å². The molecule has 1 rings (SSSR count). The van der Waals surface area contributed by atoms with E-state index in [9.17, 15) is 8.42 Å². The highest BCUT2D eigenvalue weighted by atomic mass is 32.2. The second-order valence-electron chi connectivity index (χ2n) is 4.77. The van der Waals surface area contributed by atoms with Gasteiger partial charge in [-0.25, -0.2) is 13.6 Å². The van der Waals surface area contributed by atoms with Crippen molar-refractivity contribution in [2.24, 2.45) is 21.8 Å². The lowest BCUT2D eigenvalue weighted by Gasteiger charge is -2.31. The number of hydrogen-bond donors (Lipinski definition) is 2. The summed E-state index contributed by atoms with van der Waals surface area (Å²) in [6.45, 7) is 5.65. The number of likely N-dealkylation sites (tertiary alicyclic amines) is 1. The van der Waals surface area contributed by atoms with Crippen molar-refractivity contribution >= 4 is 16.0 Å². The van der Waals surface area contributed by atoms with E-state index in [2.05, 4.69) is 11.9 Å². The number of guanidine groups is 1. The third-order valence-electron chi connectivity index (χ3n) is 3.18. The summed E-state index contributed by atoms with van der Waals surface area (Å²) in [6.07, 6.45) is 2.20. The molecule has 17 heavy (non-hydrogen) atoms. The van der Waals surface area contributed by atoms with Gasteiger partial charge in [0.05, 0.1) is 11.8 Å². The van der Waals surface area contributed by atoms with E-state index >= 15 is 0 Å². The third kappa shape index (κ3) is 4.51. The van der Waals surface area contributed by atoms with Crippen molar-refractivity contribution in [3.05, 3.63) is 0 Å². The fourth-order valence-corrected chi connectivity index (χ4v) is 1.95. The molecule has 6 nitrogen and oxygen atoms in total. The number of rotatable bonds is 3. The summed E-state index contributed by atoms with van der Waals surface area (Å²) in [7, 11) is -3.52. The molecule has 1 aliphatic rings. The molecule has 0 amide bonds. The SMILES string of the molecule is CC1CCN(C(N)=NCC(C)S(N)(=O)=O)CC1. The first-order chi connectivity index (χ1) is 7.80. The monoisotopic (exact) mass is 262 g/mol. The van der Waals surface area contributed by atoms with Crippen LogP contribution in [0.1, 0.15) is 26.7 Å². The minimum absolute atomic E-state index is 0.122. The number of aliphatic imine (C=N–C) groups is 1. The fourth-order valence-electron chi connectivity index (χ4n) is 1.66. The molecule has 1 atom stereocenters. The molecule has 1 heterocycles. The Kier molecular flexibility index (Phi) is 4.76. The molecule has 0 saturated carbocycles. The number of hydrogen-bond acceptors (Lipinski definition) is 3. The Hall–Kier alpha value is -0.820. The molecule has 100 valence electrons. The van der Waals surface area contributed by atoms with Gasteiger partial charge in [-0.3, -0.25) is 4.99 Å². The molecule has 0 spiro atoms. The Bertz CT molecular complexity index is 372. The van der Waals surface area contributed by atoms with E-state index in [1.54, 1.807) is 0 Å². The van der Waals surface area contributed by atoms with Gasteiger partial charge in [0.2, 0.25) is 10.0 Å². The molecular weight excluding hydrogens is 240 g/mol. The van der Waals surface area contributed by atoms with E-state index in [0.29, 0.717) is 5.96 Å². The largest absolute Gasteiger partial charge is 0.370 e. The average molecular weight is 262 g/mol. The van der Waals surface area contributed by atoms with Crippen LogP contribution >= 0.6 is 0 Å². The molecule has 1 aliphatic heterocycles. The Morgan fingerprint density at radius 3 is 2.47 bits per heavy atom. The van der Waals surface area contributed by atoms with E-state index in [0.717, 1.165) is 31.8 Å². The molecule has 7 heteroatoms. The predicted octanol–water partition coefficient (Wildman–Crippen LogP) is -0.290. The zero-order chi connectivity index (χ0) is 13.1. The van der Waals surface area contributed by atoms with Gasteiger partial charge in [-0.1, -0.05) is 6.92 Å². The topological polar surface area (TPSA) is 102 Å². The summed E-state index contributed by atoms with van der Waals surface area (Å²) in [5.74, 6) is 1.15. The fraction of sp³-hybridized carbons (Fsp3) is 0.900. The van der Waals surface area contributed by atoms with E-state index in [4.69, 9.17) is 10.9 Å². The summed E-state index contributed by atoms with van der Waals surface area (Å²) in [6, 6.07) is 0. The van der Waals surface area contributed by atoms with Gasteiger partial charge in [0, 0.05) is 13.1 Å². The van der Waals surface area contributed by atoms with Crippen LogP contribution in [-0.4, -0.2) is 44.2 Å². The number of sulfonamides is 1. The Morgan fingerprint density at radius 2 is 2.00 bits per heavy atom. The number of nitrogens with two attached hydrogens (primary N) is 2. The maximum atomic E-state index is 11.0. The van der Waals surface area contributed by atoms with Crippen LogP contribution in [0.15, 0.2) is 4.99 Å². The summed E-state index contributed by atoms with van der Waals surface area (Å²) in [4.78, 5) is 6.10. The van der Waals surface area contributed by atoms with Gasteiger partial charge in [-0.2, -0.15) is 0 Å². The smallest absolute Gasteiger partial charge is 0.213 e. The van der Waals surface area contributed by atoms with E-state index in [-0.39, 0.29) is 6.54 Å². The summed E-state index contributed by atoms with van der Waals surface area (Å²) < 4.78 is 22.0. The van der Waals surface area contributed by atoms with Crippen LogP contribution in [0.5, 0.6) is 0 Å². The van der Waals surface area contributed by atoms with Crippen LogP contribution in [0.2, 0.25) is 0 Å². The molecule has 0 radical (unpaired) electrons. The lowest BCUT2D eigenvalue weighted by Crippen LogP contribution is -2.43. The van der Waals surface area contributed by atoms with Crippen molar-refractivity contribution in [2.45, 2.75) is 31.9 Å². The number of nitrogens with zero attached hydrogens (tertiary/aromatic N) is 2. The number of primary sulfonamides is 1. The molecule has 0 aromatic heterocycles. The highest BCUT2D eigenvalue weighted by molar-refractivity contribution is 7.89. The summed E-state index contributed by atoms with van der Waals surface area (Å²) >= 11 is 0. The first-order valence-corrected chi connectivity index (χ1v) is 7.48. The lowest BCUT2D eigenvalue weighted by molar-refractivity contribution is 0.277. The van der Waals surface area contributed by atoms with Crippen molar-refractivity contribution in [1.29, 1.82) is 0 Å². The molecule has 0 bridgehead atoms. The van der Waals surface area contributed by atoms with Gasteiger partial charge in [-0.15, -0.1) is 0 Å². The van der Waals surface area contributed by atoms with Crippen LogP contribution < -0.4 is 10.9 Å². The molecule has 0 aromatic carbocycles. The second-order valence-corrected chi connectivity index (χ2v) is 6.75. The minimum Gasteiger partial charge on any atom is -0.370 e. The van der Waals surface area contributed by atoms with Gasteiger partial charge in [0.1, 0.15) is 0 Å². The normalized spacial score (nSPS) is 21.6. The first-order valence-electron chi connectivity index (χ1n) is 5.87. The Morgan fingerprint density at radius 1 is 1.47 bits per heavy atom. The standard InChI is InChI=1S/C10H22N4O2S/c1-8-3-5-14(6-4-8)10(11)13-7-9(2)17(12,15)16/h8-9H,3-7H2,1-2H3,(H2,11,13)(H2,12,15,16). The average Bonchev–Trinajstić information content (AvgIpc) is 2.25. The maximum absolute atomic E-state index is 11.0. The second kappa shape index (κ2) is 5.68. The van der Waals surface area contributed by atoms with Crippen LogP contribution in [0.25, 0.3) is 0 Å². The van der Waals surface area contributed by atoms with Gasteiger partial charge in [0.25, 0.3) is 0 Å². The van der Waals surface area contributed by atoms with Gasteiger partial charge in [-0.05, 0) is 25.7 Å². The van der Waals surface area contributed by atoms with Crippen LogP contribution in [0, 0.1) is 5.92 Å². The Labute approximate surface area is 103 Å². The summed E-state index contributed by atoms with van der Waals surface area (Å²) in [5.41, 5.74) is 5.83. The minimum atomic E-state index is -3.52. The van der Waals surface area contributed by atoms with Crippen LogP contribution in [0.3, 0.4) is 0 Å². The molecule has 0 aromatic rings. The van der Waals surface area contributed by atoms with E-state index in [1.807, 2.05) is 4.90 Å². The highest BCUT2D eigenvalue weighted by Crippen LogP contribution is 2.15. The molecule has 4 N–H and O–H groups in total. The lowest BCUT2D eigenvalue weighted by atomic mass is 10.00. The maximum Gasteiger partial charge on any atom is 0.213 e. The molecule has 0 aliphatic carbocycles. The van der Waals surface area contributed by atoms with Crippen LogP contribution in [0.4, 0.5) is 0 Å². The van der Waals surface area contributed by atoms with Gasteiger partial charge in [0.15, 0.2) is 5.96 Å². The zero-order valence-electron chi connectivity index (χ0n) is 10.5. The molecule has 1 fully saturated rings. The van der Waals surface area contributed by atoms with Crippen molar-refractivity contribution in [3.8, 4) is 0 Å².